The van der Waals surface area contributed by atoms with Gasteiger partial charge in [-0.2, -0.15) is 11.8 Å². The van der Waals surface area contributed by atoms with E-state index in [0.29, 0.717) is 18.8 Å². The van der Waals surface area contributed by atoms with Crippen LogP contribution in [0.3, 0.4) is 0 Å². The highest BCUT2D eigenvalue weighted by Crippen LogP contribution is 2.27. The first-order valence-corrected chi connectivity index (χ1v) is 13.3. The largest absolute Gasteiger partial charge is 0.481 e. The summed E-state index contributed by atoms with van der Waals surface area (Å²) >= 11 is 1.67. The van der Waals surface area contributed by atoms with Gasteiger partial charge in [0, 0.05) is 31.6 Å². The number of hydrogen-bond donors (Lipinski definition) is 2. The second-order valence-electron chi connectivity index (χ2n) is 9.02. The average Bonchev–Trinajstić information content (AvgIpc) is 2.88. The van der Waals surface area contributed by atoms with Gasteiger partial charge in [-0.05, 0) is 11.1 Å². The zero-order valence-corrected chi connectivity index (χ0v) is 21.5. The van der Waals surface area contributed by atoms with Crippen LogP contribution in [0.15, 0.2) is 60.7 Å². The molecule has 11 heteroatoms. The molecule has 4 amide bonds. The Morgan fingerprint density at radius 2 is 1.68 bits per heavy atom. The molecule has 0 aromatic heterocycles. The normalized spacial score (nSPS) is 20.1. The van der Waals surface area contributed by atoms with Crippen molar-refractivity contribution in [3.8, 4) is 0 Å². The van der Waals surface area contributed by atoms with E-state index in [0.717, 1.165) is 11.3 Å². The summed E-state index contributed by atoms with van der Waals surface area (Å²) in [5.41, 5.74) is 2.09. The highest BCUT2D eigenvalue weighted by Gasteiger charge is 2.51. The molecule has 2 atom stereocenters. The van der Waals surface area contributed by atoms with Gasteiger partial charge in [-0.3, -0.25) is 14.4 Å². The Bertz CT molecular complexity index is 1120. The van der Waals surface area contributed by atoms with Gasteiger partial charge in [0.05, 0.1) is 19.5 Å². The van der Waals surface area contributed by atoms with Gasteiger partial charge in [0.25, 0.3) is 0 Å². The number of hydrogen-bond acceptors (Lipinski definition) is 6. The van der Waals surface area contributed by atoms with Gasteiger partial charge in [0.15, 0.2) is 0 Å². The molecular weight excluding hydrogens is 494 g/mol. The summed E-state index contributed by atoms with van der Waals surface area (Å²) in [6.45, 7) is 0.650. The number of hydrazine groups is 1. The number of thioether (sulfide) groups is 1. The number of rotatable bonds is 9. The van der Waals surface area contributed by atoms with Crippen LogP contribution in [0.5, 0.6) is 0 Å². The number of fused-ring (bicyclic) bond motifs is 1. The maximum Gasteiger partial charge on any atom is 0.334 e. The molecule has 37 heavy (non-hydrogen) atoms. The van der Waals surface area contributed by atoms with Crippen molar-refractivity contribution in [3.63, 3.8) is 0 Å². The van der Waals surface area contributed by atoms with Gasteiger partial charge in [-0.15, -0.1) is 0 Å². The van der Waals surface area contributed by atoms with Crippen molar-refractivity contribution in [1.29, 1.82) is 0 Å². The highest BCUT2D eigenvalue weighted by molar-refractivity contribution is 7.98. The van der Waals surface area contributed by atoms with Gasteiger partial charge < -0.3 is 20.2 Å². The smallest absolute Gasteiger partial charge is 0.334 e. The first-order chi connectivity index (χ1) is 17.8. The fourth-order valence-electron chi connectivity index (χ4n) is 4.67. The number of piperazine rings is 1. The fraction of sp³-hybridized carbons (Fsp3) is 0.385. The summed E-state index contributed by atoms with van der Waals surface area (Å²) < 4.78 is 0. The molecule has 0 spiro atoms. The van der Waals surface area contributed by atoms with Gasteiger partial charge in [0.1, 0.15) is 12.2 Å². The zero-order chi connectivity index (χ0) is 26.4. The third kappa shape index (κ3) is 6.41. The number of carboxylic acid groups (broad SMARTS) is 1. The number of nitrogens with one attached hydrogen (secondary N) is 1. The van der Waals surface area contributed by atoms with Crippen molar-refractivity contribution in [2.45, 2.75) is 30.9 Å². The van der Waals surface area contributed by atoms with E-state index in [4.69, 9.17) is 0 Å². The lowest BCUT2D eigenvalue weighted by Crippen LogP contribution is -2.76. The molecule has 0 bridgehead atoms. The third-order valence-electron chi connectivity index (χ3n) is 6.42. The van der Waals surface area contributed by atoms with Crippen LogP contribution in [0.1, 0.15) is 17.5 Å². The van der Waals surface area contributed by atoms with E-state index in [9.17, 15) is 24.3 Å². The van der Waals surface area contributed by atoms with Crippen molar-refractivity contribution < 1.29 is 24.3 Å². The predicted octanol–water partition coefficient (Wildman–Crippen LogP) is 1.83. The average molecular weight is 526 g/mol. The Balaban J connectivity index is 1.49. The molecule has 0 aliphatic carbocycles. The van der Waals surface area contributed by atoms with E-state index in [1.807, 2.05) is 60.7 Å². The molecule has 2 heterocycles. The summed E-state index contributed by atoms with van der Waals surface area (Å²) in [4.78, 5) is 54.1. The summed E-state index contributed by atoms with van der Waals surface area (Å²) in [6.07, 6.45) is -1.32. The topological polar surface area (TPSA) is 114 Å². The van der Waals surface area contributed by atoms with E-state index < -0.39 is 36.5 Å². The molecule has 2 N–H and O–H groups in total. The Morgan fingerprint density at radius 3 is 2.32 bits per heavy atom. The maximum absolute atomic E-state index is 13.3. The molecule has 4 rings (SSSR count). The number of carbonyl (C=O) groups is 4. The Morgan fingerprint density at radius 1 is 1.03 bits per heavy atom. The number of benzene rings is 2. The number of amides is 4. The minimum Gasteiger partial charge on any atom is -0.481 e. The molecule has 2 aromatic carbocycles. The van der Waals surface area contributed by atoms with E-state index >= 15 is 0 Å². The molecule has 2 aromatic rings. The predicted molar refractivity (Wildman–Crippen MR) is 139 cm³/mol. The van der Waals surface area contributed by atoms with E-state index in [1.165, 1.54) is 20.5 Å². The molecule has 2 aliphatic rings. The third-order valence-corrected chi connectivity index (χ3v) is 7.43. The van der Waals surface area contributed by atoms with E-state index in [1.54, 1.807) is 23.7 Å². The standard InChI is InChI=1S/C26H31N5O5S/c1-28-17-23(32)30-21(14-24(33)34)25(35)29(12-13-37-18-20-10-6-3-7-11-20)16-22(30)31(28)26(36)27-15-19-8-4-2-5-9-19/h2-11,21-22H,12-18H2,1H3,(H,27,36)(H,33,34)/t21-,22-/m0/s1. The van der Waals surface area contributed by atoms with Gasteiger partial charge >= 0.3 is 12.0 Å². The number of likely N-dealkylation sites (N-methyl/N-ethyl adjacent to an activating group) is 1. The Hall–Kier alpha value is -3.57. The summed E-state index contributed by atoms with van der Waals surface area (Å²) in [5.74, 6) is -0.536. The number of urea groups is 1. The van der Waals surface area contributed by atoms with Gasteiger partial charge in [0.2, 0.25) is 11.8 Å². The van der Waals surface area contributed by atoms with Crippen LogP contribution in [0.25, 0.3) is 0 Å². The van der Waals surface area contributed by atoms with Crippen LogP contribution in [0, 0.1) is 0 Å². The SMILES string of the molecule is CN1CC(=O)N2[C@@H](CC(=O)O)C(=O)N(CCSCc3ccccc3)C[C@@H]2N1C(=O)NCc1ccccc1. The minimum absolute atomic E-state index is 0.107. The van der Waals surface area contributed by atoms with Crippen LogP contribution >= 0.6 is 11.8 Å². The van der Waals surface area contributed by atoms with Crippen LogP contribution in [0.4, 0.5) is 4.79 Å². The lowest BCUT2D eigenvalue weighted by atomic mass is 10.0. The van der Waals surface area contributed by atoms with Crippen molar-refractivity contribution in [1.82, 2.24) is 25.1 Å². The fourth-order valence-corrected chi connectivity index (χ4v) is 5.59. The van der Waals surface area contributed by atoms with Crippen LogP contribution in [-0.2, 0) is 26.7 Å². The highest BCUT2D eigenvalue weighted by atomic mass is 32.2. The quantitative estimate of drug-likeness (QED) is 0.480. The summed E-state index contributed by atoms with van der Waals surface area (Å²) in [6, 6.07) is 17.8. The first kappa shape index (κ1) is 26.5. The van der Waals surface area contributed by atoms with Crippen LogP contribution < -0.4 is 5.32 Å². The number of nitrogens with zero attached hydrogens (tertiary/aromatic N) is 4. The van der Waals surface area contributed by atoms with Crippen LogP contribution in [0.2, 0.25) is 0 Å². The Labute approximate surface area is 220 Å². The molecule has 2 aliphatic heterocycles. The van der Waals surface area contributed by atoms with Gasteiger partial charge in [-0.25, -0.2) is 14.8 Å². The molecule has 0 saturated carbocycles. The maximum atomic E-state index is 13.3. The van der Waals surface area contributed by atoms with Gasteiger partial charge in [-0.1, -0.05) is 60.7 Å². The van der Waals surface area contributed by atoms with E-state index in [-0.39, 0.29) is 19.0 Å². The Kier molecular flexibility index (Phi) is 8.67. The minimum atomic E-state index is -1.18. The second-order valence-corrected chi connectivity index (χ2v) is 10.1. The van der Waals surface area contributed by atoms with Crippen molar-refractivity contribution in [3.05, 3.63) is 71.8 Å². The second kappa shape index (κ2) is 12.1. The lowest BCUT2D eigenvalue weighted by Gasteiger charge is -2.54. The summed E-state index contributed by atoms with van der Waals surface area (Å²) in [7, 11) is 1.64. The summed E-state index contributed by atoms with van der Waals surface area (Å²) in [5, 5.41) is 15.3. The number of carboxylic acids is 1. The van der Waals surface area contributed by atoms with E-state index in [2.05, 4.69) is 5.32 Å². The number of aliphatic carboxylic acids is 1. The molecular formula is C26H31N5O5S. The van der Waals surface area contributed by atoms with Crippen molar-refractivity contribution in [2.75, 3.05) is 32.4 Å². The lowest BCUT2D eigenvalue weighted by molar-refractivity contribution is -0.188. The molecule has 2 saturated heterocycles. The zero-order valence-electron chi connectivity index (χ0n) is 20.7. The molecule has 10 nitrogen and oxygen atoms in total. The molecule has 2 fully saturated rings. The molecule has 0 unspecified atom stereocenters. The molecule has 0 radical (unpaired) electrons. The monoisotopic (exact) mass is 525 g/mol. The molecule has 196 valence electrons. The van der Waals surface area contributed by atoms with Crippen molar-refractivity contribution in [2.24, 2.45) is 0 Å². The first-order valence-electron chi connectivity index (χ1n) is 12.1. The van der Waals surface area contributed by atoms with Crippen LogP contribution in [-0.4, -0.2) is 93.4 Å². The number of carbonyl (C=O) groups excluding carboxylic acids is 3. The van der Waals surface area contributed by atoms with Crippen molar-refractivity contribution >= 4 is 35.6 Å².